The maximum Gasteiger partial charge on any atom is 0.295 e. The van der Waals surface area contributed by atoms with Gasteiger partial charge in [0.05, 0.1) is 25.8 Å². The van der Waals surface area contributed by atoms with E-state index in [1.165, 1.54) is 30.2 Å². The molecule has 1 aliphatic heterocycles. The van der Waals surface area contributed by atoms with Crippen LogP contribution in [-0.4, -0.2) is 42.5 Å². The summed E-state index contributed by atoms with van der Waals surface area (Å²) in [4.78, 5) is 27.5. The number of methoxy groups -OCH3 is 2. The Hall–Kier alpha value is -4.13. The second-order valence-corrected chi connectivity index (χ2v) is 8.32. The Kier molecular flexibility index (Phi) is 6.87. The van der Waals surface area contributed by atoms with Crippen LogP contribution in [0.25, 0.3) is 5.76 Å². The number of hydrogen-bond donors (Lipinski definition) is 1. The third-order valence-electron chi connectivity index (χ3n) is 6.15. The van der Waals surface area contributed by atoms with Crippen LogP contribution in [0.3, 0.4) is 0 Å². The van der Waals surface area contributed by atoms with Crippen LogP contribution in [-0.2, 0) is 16.0 Å². The highest BCUT2D eigenvalue weighted by Crippen LogP contribution is 2.40. The van der Waals surface area contributed by atoms with Gasteiger partial charge >= 0.3 is 0 Å². The summed E-state index contributed by atoms with van der Waals surface area (Å²) < 4.78 is 25.5. The molecule has 0 aromatic heterocycles. The SMILES string of the molecule is COc1ccc(CCN2C(=O)C(=O)C(=C(O)c3ccc(C)cc3)[C@@H]2c2ccccc2F)cc1OC. The Balaban J connectivity index is 1.75. The summed E-state index contributed by atoms with van der Waals surface area (Å²) in [6, 6.07) is 17.2. The number of rotatable bonds is 7. The zero-order chi connectivity index (χ0) is 25.1. The summed E-state index contributed by atoms with van der Waals surface area (Å²) in [6.45, 7) is 2.03. The van der Waals surface area contributed by atoms with Crippen molar-refractivity contribution < 1.29 is 28.6 Å². The summed E-state index contributed by atoms with van der Waals surface area (Å²) >= 11 is 0. The van der Waals surface area contributed by atoms with E-state index in [9.17, 15) is 19.1 Å². The molecule has 7 heteroatoms. The summed E-state index contributed by atoms with van der Waals surface area (Å²) in [6.07, 6.45) is 0.378. The number of amides is 1. The van der Waals surface area contributed by atoms with Crippen molar-refractivity contribution in [1.82, 2.24) is 4.90 Å². The number of benzene rings is 3. The Morgan fingerprint density at radius 1 is 0.971 bits per heavy atom. The van der Waals surface area contributed by atoms with Crippen molar-refractivity contribution in [1.29, 1.82) is 0 Å². The molecule has 1 heterocycles. The molecule has 3 aromatic rings. The number of hydrogen-bond acceptors (Lipinski definition) is 5. The molecule has 180 valence electrons. The van der Waals surface area contributed by atoms with Gasteiger partial charge in [0.15, 0.2) is 11.5 Å². The molecule has 6 nitrogen and oxygen atoms in total. The number of ether oxygens (including phenoxy) is 2. The van der Waals surface area contributed by atoms with Crippen molar-refractivity contribution >= 4 is 17.4 Å². The lowest BCUT2D eigenvalue weighted by atomic mass is 9.94. The molecular formula is C28H26FNO5. The molecule has 1 fully saturated rings. The number of aliphatic hydroxyl groups excluding tert-OH is 1. The molecule has 0 spiro atoms. The first-order valence-corrected chi connectivity index (χ1v) is 11.2. The van der Waals surface area contributed by atoms with Gasteiger partial charge in [-0.1, -0.05) is 54.1 Å². The van der Waals surface area contributed by atoms with Crippen molar-refractivity contribution in [2.24, 2.45) is 0 Å². The van der Waals surface area contributed by atoms with E-state index in [1.54, 1.807) is 49.6 Å². The number of ketones is 1. The van der Waals surface area contributed by atoms with Gasteiger partial charge in [-0.05, 0) is 37.1 Å². The molecule has 3 aromatic carbocycles. The molecule has 0 aliphatic carbocycles. The fourth-order valence-corrected chi connectivity index (χ4v) is 4.28. The van der Waals surface area contributed by atoms with Crippen LogP contribution in [0, 0.1) is 12.7 Å². The molecular weight excluding hydrogens is 449 g/mol. The fraction of sp³-hybridized carbons (Fsp3) is 0.214. The van der Waals surface area contributed by atoms with Gasteiger partial charge in [-0.15, -0.1) is 0 Å². The molecule has 0 bridgehead atoms. The lowest BCUT2D eigenvalue weighted by molar-refractivity contribution is -0.139. The molecule has 1 N–H and O–H groups in total. The van der Waals surface area contributed by atoms with Crippen LogP contribution in [0.1, 0.15) is 28.3 Å². The summed E-state index contributed by atoms with van der Waals surface area (Å²) in [7, 11) is 3.07. The third-order valence-corrected chi connectivity index (χ3v) is 6.15. The van der Waals surface area contributed by atoms with Crippen molar-refractivity contribution in [3.63, 3.8) is 0 Å². The molecule has 0 saturated carbocycles. The molecule has 1 aliphatic rings. The van der Waals surface area contributed by atoms with Gasteiger partial charge in [-0.2, -0.15) is 0 Å². The number of Topliss-reactive ketones (excluding diaryl/α,β-unsaturated/α-hetero) is 1. The Labute approximate surface area is 203 Å². The van der Waals surface area contributed by atoms with E-state index in [-0.39, 0.29) is 23.4 Å². The van der Waals surface area contributed by atoms with Crippen molar-refractivity contribution in [3.8, 4) is 11.5 Å². The first-order chi connectivity index (χ1) is 16.8. The topological polar surface area (TPSA) is 76.1 Å². The highest BCUT2D eigenvalue weighted by Gasteiger charge is 2.46. The number of aliphatic hydroxyl groups is 1. The molecule has 4 rings (SSSR count). The number of carbonyl (C=O) groups excluding carboxylic acids is 2. The van der Waals surface area contributed by atoms with Gasteiger partial charge in [-0.3, -0.25) is 9.59 Å². The Bertz CT molecular complexity index is 1300. The molecule has 1 saturated heterocycles. The van der Waals surface area contributed by atoms with Crippen LogP contribution in [0.4, 0.5) is 4.39 Å². The zero-order valence-corrected chi connectivity index (χ0v) is 19.7. The minimum Gasteiger partial charge on any atom is -0.507 e. The monoisotopic (exact) mass is 475 g/mol. The lowest BCUT2D eigenvalue weighted by Crippen LogP contribution is -2.32. The van der Waals surface area contributed by atoms with Gasteiger partial charge in [0.1, 0.15) is 11.6 Å². The molecule has 35 heavy (non-hydrogen) atoms. The average molecular weight is 476 g/mol. The minimum absolute atomic E-state index is 0.128. The maximum atomic E-state index is 14.9. The number of halogens is 1. The van der Waals surface area contributed by atoms with Crippen molar-refractivity contribution in [3.05, 3.63) is 100 Å². The average Bonchev–Trinajstić information content (AvgIpc) is 3.12. The lowest BCUT2D eigenvalue weighted by Gasteiger charge is -2.26. The second-order valence-electron chi connectivity index (χ2n) is 8.32. The van der Waals surface area contributed by atoms with Crippen LogP contribution < -0.4 is 9.47 Å². The predicted octanol–water partition coefficient (Wildman–Crippen LogP) is 4.82. The van der Waals surface area contributed by atoms with E-state index in [2.05, 4.69) is 0 Å². The number of aryl methyl sites for hydroxylation is 1. The third kappa shape index (κ3) is 4.62. The highest BCUT2D eigenvalue weighted by atomic mass is 19.1. The van der Waals surface area contributed by atoms with E-state index in [0.717, 1.165) is 11.1 Å². The fourth-order valence-electron chi connectivity index (χ4n) is 4.28. The van der Waals surface area contributed by atoms with E-state index >= 15 is 0 Å². The predicted molar refractivity (Wildman–Crippen MR) is 130 cm³/mol. The summed E-state index contributed by atoms with van der Waals surface area (Å²) in [5, 5.41) is 11.1. The van der Waals surface area contributed by atoms with E-state index in [1.807, 2.05) is 13.0 Å². The van der Waals surface area contributed by atoms with Gasteiger partial charge < -0.3 is 19.5 Å². The highest BCUT2D eigenvalue weighted by molar-refractivity contribution is 6.46. The van der Waals surface area contributed by atoms with Gasteiger partial charge in [-0.25, -0.2) is 4.39 Å². The van der Waals surface area contributed by atoms with E-state index in [4.69, 9.17) is 9.47 Å². The summed E-state index contributed by atoms with van der Waals surface area (Å²) in [5.74, 6) is -1.41. The molecule has 1 atom stereocenters. The van der Waals surface area contributed by atoms with Gasteiger partial charge in [0, 0.05) is 17.7 Å². The quantitative estimate of drug-likeness (QED) is 0.301. The summed E-state index contributed by atoms with van der Waals surface area (Å²) in [5.41, 5.74) is 2.22. The second kappa shape index (κ2) is 10.0. The molecule has 0 unspecified atom stereocenters. The first kappa shape index (κ1) is 24.0. The maximum absolute atomic E-state index is 14.9. The Morgan fingerprint density at radius 2 is 1.66 bits per heavy atom. The van der Waals surface area contributed by atoms with E-state index < -0.39 is 23.5 Å². The zero-order valence-electron chi connectivity index (χ0n) is 19.7. The van der Waals surface area contributed by atoms with Crippen LogP contribution in [0.5, 0.6) is 11.5 Å². The standard InChI is InChI=1S/C28H26FNO5/c1-17-8-11-19(12-9-17)26(31)24-25(20-6-4-5-7-21(20)29)30(28(33)27(24)32)15-14-18-10-13-22(34-2)23(16-18)35-3/h4-13,16,25,31H,14-15H2,1-3H3/t25-/m0/s1. The van der Waals surface area contributed by atoms with Crippen molar-refractivity contribution in [2.75, 3.05) is 20.8 Å². The smallest absolute Gasteiger partial charge is 0.295 e. The molecule has 1 amide bonds. The van der Waals surface area contributed by atoms with E-state index in [0.29, 0.717) is 23.5 Å². The number of carbonyl (C=O) groups is 2. The van der Waals surface area contributed by atoms with Crippen molar-refractivity contribution in [2.45, 2.75) is 19.4 Å². The van der Waals surface area contributed by atoms with Gasteiger partial charge in [0.2, 0.25) is 0 Å². The molecule has 0 radical (unpaired) electrons. The van der Waals surface area contributed by atoms with Crippen LogP contribution >= 0.6 is 0 Å². The number of nitrogens with zero attached hydrogens (tertiary/aromatic N) is 1. The van der Waals surface area contributed by atoms with Crippen LogP contribution in [0.2, 0.25) is 0 Å². The first-order valence-electron chi connectivity index (χ1n) is 11.2. The Morgan fingerprint density at radius 3 is 2.31 bits per heavy atom. The van der Waals surface area contributed by atoms with Crippen LogP contribution in [0.15, 0.2) is 72.3 Å². The normalized spacial score (nSPS) is 17.0. The minimum atomic E-state index is -1.06. The number of likely N-dealkylation sites (tertiary alicyclic amines) is 1. The largest absolute Gasteiger partial charge is 0.507 e. The van der Waals surface area contributed by atoms with Gasteiger partial charge in [0.25, 0.3) is 11.7 Å².